The third kappa shape index (κ3) is 3.04. The molecular formula is C12H24B2O2. The smallest absolute Gasteiger partial charge is 0.292 e. The van der Waals surface area contributed by atoms with Crippen molar-refractivity contribution in [2.45, 2.75) is 53.2 Å². The molecule has 0 spiro atoms. The van der Waals surface area contributed by atoms with Gasteiger partial charge in [-0.25, -0.2) is 0 Å². The van der Waals surface area contributed by atoms with Gasteiger partial charge in [0.05, 0.1) is 0 Å². The summed E-state index contributed by atoms with van der Waals surface area (Å²) in [4.78, 5) is 0. The van der Waals surface area contributed by atoms with E-state index in [1.54, 1.807) is 0 Å². The Hall–Kier alpha value is 0.0499. The summed E-state index contributed by atoms with van der Waals surface area (Å²) in [6.45, 7) is 11.6. The van der Waals surface area contributed by atoms with Crippen LogP contribution >= 0.6 is 0 Å². The quantitative estimate of drug-likeness (QED) is 0.635. The van der Waals surface area contributed by atoms with E-state index in [4.69, 9.17) is 9.31 Å². The molecule has 0 aliphatic carbocycles. The molecule has 2 saturated heterocycles. The van der Waals surface area contributed by atoms with Crippen LogP contribution < -0.4 is 0 Å². The Morgan fingerprint density at radius 2 is 1.12 bits per heavy atom. The topological polar surface area (TPSA) is 18.5 Å². The number of hydrogen-bond donors (Lipinski definition) is 0. The first-order valence-electron chi connectivity index (χ1n) is 6.61. The van der Waals surface area contributed by atoms with Gasteiger partial charge in [0, 0.05) is 13.2 Å². The maximum atomic E-state index is 5.98. The predicted molar refractivity (Wildman–Crippen MR) is 69.8 cm³/mol. The van der Waals surface area contributed by atoms with Gasteiger partial charge in [0.15, 0.2) is 0 Å². The highest BCUT2D eigenvalue weighted by Crippen LogP contribution is 2.34. The number of hydrogen-bond acceptors (Lipinski definition) is 2. The molecule has 2 rings (SSSR count). The highest BCUT2D eigenvalue weighted by molar-refractivity contribution is 7.16. The van der Waals surface area contributed by atoms with Crippen LogP contribution in [0.25, 0.3) is 0 Å². The molecule has 0 aromatic rings. The van der Waals surface area contributed by atoms with Crippen LogP contribution in [-0.4, -0.2) is 26.8 Å². The Balaban J connectivity index is 1.82. The summed E-state index contributed by atoms with van der Waals surface area (Å²) in [5.41, 5.74) is 0.731. The fraction of sp³-hybridized carbons (Fsp3) is 1.00. The maximum absolute atomic E-state index is 5.98. The molecule has 0 aromatic carbocycles. The molecule has 2 nitrogen and oxygen atoms in total. The zero-order valence-electron chi connectivity index (χ0n) is 11.2. The molecule has 2 heterocycles. The maximum Gasteiger partial charge on any atom is 0.292 e. The summed E-state index contributed by atoms with van der Waals surface area (Å²) in [5, 5.41) is 0. The molecule has 0 unspecified atom stereocenters. The van der Waals surface area contributed by atoms with Gasteiger partial charge < -0.3 is 9.31 Å². The fourth-order valence-corrected chi connectivity index (χ4v) is 2.63. The lowest BCUT2D eigenvalue weighted by Gasteiger charge is -2.39. The largest absolute Gasteiger partial charge is 0.440 e. The zero-order valence-corrected chi connectivity index (χ0v) is 11.2. The van der Waals surface area contributed by atoms with Gasteiger partial charge in [-0.3, -0.25) is 0 Å². The Kier molecular flexibility index (Phi) is 3.42. The van der Waals surface area contributed by atoms with Crippen molar-refractivity contribution in [1.82, 2.24) is 0 Å². The molecule has 0 bridgehead atoms. The minimum atomic E-state index is 0.351. The fourth-order valence-electron chi connectivity index (χ4n) is 2.63. The van der Waals surface area contributed by atoms with Gasteiger partial charge in [0.2, 0.25) is 0 Å². The normalized spacial score (nSPS) is 29.2. The van der Waals surface area contributed by atoms with E-state index in [0.717, 1.165) is 25.9 Å². The molecule has 0 saturated carbocycles. The minimum absolute atomic E-state index is 0.351. The first kappa shape index (κ1) is 12.5. The first-order chi connectivity index (χ1) is 7.38. The van der Waals surface area contributed by atoms with Crippen LogP contribution in [0.15, 0.2) is 0 Å². The van der Waals surface area contributed by atoms with Crippen molar-refractivity contribution in [3.05, 3.63) is 0 Å². The molecule has 0 atom stereocenters. The van der Waals surface area contributed by atoms with Gasteiger partial charge in [0.1, 0.15) is 0 Å². The number of rotatable bonds is 1. The van der Waals surface area contributed by atoms with E-state index in [-0.39, 0.29) is 0 Å². The average Bonchev–Trinajstić information content (AvgIpc) is 2.19. The van der Waals surface area contributed by atoms with Crippen molar-refractivity contribution in [3.8, 4) is 0 Å². The molecule has 4 heteroatoms. The highest BCUT2D eigenvalue weighted by atomic mass is 16.5. The van der Waals surface area contributed by atoms with Crippen molar-refractivity contribution in [3.63, 3.8) is 0 Å². The Morgan fingerprint density at radius 1 is 0.750 bits per heavy atom. The first-order valence-corrected chi connectivity index (χ1v) is 6.61. The zero-order chi connectivity index (χ0) is 11.8. The van der Waals surface area contributed by atoms with Gasteiger partial charge >= 0.3 is 0 Å². The molecule has 2 fully saturated rings. The highest BCUT2D eigenvalue weighted by Gasteiger charge is 2.42. The second-order valence-electron chi connectivity index (χ2n) is 7.10. The van der Waals surface area contributed by atoms with E-state index in [2.05, 4.69) is 27.7 Å². The van der Waals surface area contributed by atoms with E-state index in [1.807, 2.05) is 0 Å². The van der Waals surface area contributed by atoms with Crippen LogP contribution in [0.2, 0.25) is 12.6 Å². The van der Waals surface area contributed by atoms with Crippen LogP contribution in [0.1, 0.15) is 40.5 Å². The van der Waals surface area contributed by atoms with Gasteiger partial charge in [0.25, 0.3) is 13.6 Å². The Morgan fingerprint density at radius 3 is 1.38 bits per heavy atom. The van der Waals surface area contributed by atoms with Crippen molar-refractivity contribution in [1.29, 1.82) is 0 Å². The molecule has 90 valence electrons. The van der Waals surface area contributed by atoms with Crippen LogP contribution in [0.4, 0.5) is 0 Å². The van der Waals surface area contributed by atoms with E-state index in [9.17, 15) is 0 Å². The van der Waals surface area contributed by atoms with E-state index in [1.165, 1.54) is 12.8 Å². The van der Waals surface area contributed by atoms with Crippen molar-refractivity contribution in [2.24, 2.45) is 10.8 Å². The lowest BCUT2D eigenvalue weighted by atomic mass is 9.22. The molecule has 16 heavy (non-hydrogen) atoms. The second-order valence-corrected chi connectivity index (χ2v) is 7.10. The summed E-state index contributed by atoms with van der Waals surface area (Å²) in [7, 11) is 0. The van der Waals surface area contributed by atoms with Gasteiger partial charge in [-0.15, -0.1) is 0 Å². The van der Waals surface area contributed by atoms with Crippen molar-refractivity contribution in [2.75, 3.05) is 13.2 Å². The third-order valence-electron chi connectivity index (χ3n) is 4.00. The molecule has 0 radical (unpaired) electrons. The van der Waals surface area contributed by atoms with E-state index < -0.39 is 0 Å². The summed E-state index contributed by atoms with van der Waals surface area (Å²) in [6, 6.07) is 0. The molecule has 2 aliphatic heterocycles. The molecule has 2 aliphatic rings. The molecule has 0 N–H and O–H groups in total. The van der Waals surface area contributed by atoms with Crippen LogP contribution in [0.5, 0.6) is 0 Å². The lowest BCUT2D eigenvalue weighted by Crippen LogP contribution is -2.50. The monoisotopic (exact) mass is 222 g/mol. The third-order valence-corrected chi connectivity index (χ3v) is 4.00. The molecule has 0 amide bonds. The second kappa shape index (κ2) is 4.38. The predicted octanol–water partition coefficient (Wildman–Crippen LogP) is 2.94. The average molecular weight is 222 g/mol. The van der Waals surface area contributed by atoms with Crippen molar-refractivity contribution >= 4 is 13.6 Å². The van der Waals surface area contributed by atoms with Gasteiger partial charge in [-0.2, -0.15) is 0 Å². The minimum Gasteiger partial charge on any atom is -0.440 e. The molecule has 0 aromatic heterocycles. The lowest BCUT2D eigenvalue weighted by molar-refractivity contribution is 0.134. The summed E-state index contributed by atoms with van der Waals surface area (Å²) in [5.74, 6) is 0. The molecular weight excluding hydrogens is 198 g/mol. The van der Waals surface area contributed by atoms with Gasteiger partial charge in [-0.1, -0.05) is 53.2 Å². The van der Waals surface area contributed by atoms with E-state index >= 15 is 0 Å². The van der Waals surface area contributed by atoms with Crippen LogP contribution in [-0.2, 0) is 9.31 Å². The van der Waals surface area contributed by atoms with Crippen LogP contribution in [0.3, 0.4) is 0 Å². The summed E-state index contributed by atoms with van der Waals surface area (Å²) >= 11 is 0. The SMILES string of the molecule is CC1(C)CCB(B2CCC(C)(C)CO2)OC1. The summed E-state index contributed by atoms with van der Waals surface area (Å²) in [6.07, 6.45) is 4.86. The standard InChI is InChI=1S/C12H24B2O2/c1-11(2)5-7-13(15-9-11)14-8-6-12(3,4)10-16-14/h5-10H2,1-4H3. The Labute approximate surface area is 101 Å². The van der Waals surface area contributed by atoms with E-state index in [0.29, 0.717) is 24.4 Å². The van der Waals surface area contributed by atoms with Crippen LogP contribution in [0, 0.1) is 10.8 Å². The van der Waals surface area contributed by atoms with Gasteiger partial charge in [-0.05, 0) is 10.8 Å². The summed E-state index contributed by atoms with van der Waals surface area (Å²) < 4.78 is 12.0. The van der Waals surface area contributed by atoms with Crippen molar-refractivity contribution < 1.29 is 9.31 Å². The Bertz CT molecular complexity index is 207.